The molecule has 0 radical (unpaired) electrons. The molecule has 0 aliphatic heterocycles. The van der Waals surface area contributed by atoms with Gasteiger partial charge in [-0.1, -0.05) is 0 Å². The minimum absolute atomic E-state index is 1.82. The SMILES string of the molecule is O=C(O)C(=O)O.O=C(O)C(=O)O.O=C(O)C(=O)O.OB(O)O. The van der Waals surface area contributed by atoms with Crippen molar-refractivity contribution in [1.82, 2.24) is 0 Å². The monoisotopic (exact) mass is 332 g/mol. The molecule has 0 bridgehead atoms. The molecule has 9 N–H and O–H groups in total. The third kappa shape index (κ3) is 54.2. The van der Waals surface area contributed by atoms with Crippen LogP contribution in [0, 0.1) is 0 Å². The van der Waals surface area contributed by atoms with Crippen LogP contribution in [0.15, 0.2) is 0 Å². The second-order valence-electron chi connectivity index (χ2n) is 2.18. The topological polar surface area (TPSA) is 284 Å². The highest BCUT2D eigenvalue weighted by molar-refractivity contribution is 6.30. The number of hydrogen-bond donors (Lipinski definition) is 9. The zero-order chi connectivity index (χ0) is 19.0. The lowest BCUT2D eigenvalue weighted by Crippen LogP contribution is -2.09. The maximum Gasteiger partial charge on any atom is 0.631 e. The van der Waals surface area contributed by atoms with E-state index in [-0.39, 0.29) is 0 Å². The Balaban J connectivity index is -0.0000000994. The lowest BCUT2D eigenvalue weighted by Gasteiger charge is -1.72. The van der Waals surface area contributed by atoms with Crippen molar-refractivity contribution < 1.29 is 74.5 Å². The summed E-state index contributed by atoms with van der Waals surface area (Å²) in [7, 11) is -2.17. The zero-order valence-electron chi connectivity index (χ0n) is 10.1. The lowest BCUT2D eigenvalue weighted by molar-refractivity contribution is -0.159. The molecule has 0 aliphatic rings. The average molecular weight is 332 g/mol. The van der Waals surface area contributed by atoms with Crippen LogP contribution in [0.3, 0.4) is 0 Å². The number of carbonyl (C=O) groups is 6. The van der Waals surface area contributed by atoms with Crippen molar-refractivity contribution in [2.45, 2.75) is 0 Å². The fourth-order valence-corrected chi connectivity index (χ4v) is 0. The predicted octanol–water partition coefficient (Wildman–Crippen LogP) is -4.58. The fourth-order valence-electron chi connectivity index (χ4n) is 0. The Morgan fingerprint density at radius 2 is 0.455 bits per heavy atom. The van der Waals surface area contributed by atoms with Gasteiger partial charge >= 0.3 is 43.1 Å². The molecule has 0 spiro atoms. The average Bonchev–Trinajstić information content (AvgIpc) is 2.29. The molecule has 0 aromatic heterocycles. The van der Waals surface area contributed by atoms with Gasteiger partial charge in [-0.05, 0) is 0 Å². The molecule has 0 atom stereocenters. The van der Waals surface area contributed by atoms with Gasteiger partial charge in [-0.15, -0.1) is 0 Å². The summed E-state index contributed by atoms with van der Waals surface area (Å²) in [6.07, 6.45) is 0. The number of carboxylic acids is 6. The van der Waals surface area contributed by atoms with E-state index < -0.39 is 43.1 Å². The quantitative estimate of drug-likeness (QED) is 0.149. The first kappa shape index (κ1) is 27.2. The van der Waals surface area contributed by atoms with E-state index in [1.54, 1.807) is 0 Å². The van der Waals surface area contributed by atoms with Gasteiger partial charge in [0.1, 0.15) is 0 Å². The van der Waals surface area contributed by atoms with Crippen molar-refractivity contribution in [2.24, 2.45) is 0 Å². The highest BCUT2D eigenvalue weighted by Gasteiger charge is 2.04. The van der Waals surface area contributed by atoms with E-state index in [9.17, 15) is 0 Å². The lowest BCUT2D eigenvalue weighted by atomic mass is 10.3. The summed E-state index contributed by atoms with van der Waals surface area (Å²) in [5, 5.41) is 65.8. The van der Waals surface area contributed by atoms with E-state index in [1.807, 2.05) is 0 Å². The number of carboxylic acid groups (broad SMARTS) is 6. The Hall–Kier alpha value is -3.24. The summed E-state index contributed by atoms with van der Waals surface area (Å²) in [6, 6.07) is 0. The van der Waals surface area contributed by atoms with Gasteiger partial charge < -0.3 is 45.7 Å². The molecule has 0 aromatic carbocycles. The van der Waals surface area contributed by atoms with Crippen molar-refractivity contribution in [3.8, 4) is 0 Å². The molecular weight excluding hydrogens is 323 g/mol. The molecule has 0 amide bonds. The van der Waals surface area contributed by atoms with Crippen LogP contribution in [0.25, 0.3) is 0 Å². The highest BCUT2D eigenvalue weighted by Crippen LogP contribution is 1.57. The first-order chi connectivity index (χ1) is 9.66. The molecule has 0 aliphatic carbocycles. The number of aliphatic carboxylic acids is 6. The van der Waals surface area contributed by atoms with Crippen LogP contribution < -0.4 is 0 Å². The Morgan fingerprint density at radius 3 is 0.455 bits per heavy atom. The largest absolute Gasteiger partial charge is 0.631 e. The van der Waals surface area contributed by atoms with Crippen LogP contribution >= 0.6 is 0 Å². The molecule has 0 aromatic rings. The van der Waals surface area contributed by atoms with E-state index in [4.69, 9.17) is 74.5 Å². The van der Waals surface area contributed by atoms with Crippen LogP contribution in [0.5, 0.6) is 0 Å². The van der Waals surface area contributed by atoms with Crippen molar-refractivity contribution in [3.05, 3.63) is 0 Å². The molecule has 126 valence electrons. The van der Waals surface area contributed by atoms with Crippen molar-refractivity contribution in [3.63, 3.8) is 0 Å². The van der Waals surface area contributed by atoms with Crippen LogP contribution in [-0.2, 0) is 28.8 Å². The van der Waals surface area contributed by atoms with Gasteiger partial charge in [0.2, 0.25) is 0 Å². The van der Waals surface area contributed by atoms with Gasteiger partial charge in [0.15, 0.2) is 0 Å². The van der Waals surface area contributed by atoms with Crippen LogP contribution in [0.2, 0.25) is 0 Å². The fraction of sp³-hybridized carbons (Fsp3) is 0. The maximum absolute atomic E-state index is 9.10. The second-order valence-corrected chi connectivity index (χ2v) is 2.18. The Kier molecular flexibility index (Phi) is 19.5. The van der Waals surface area contributed by atoms with E-state index in [2.05, 4.69) is 0 Å². The minimum atomic E-state index is -2.17. The van der Waals surface area contributed by atoms with Crippen LogP contribution in [0.4, 0.5) is 0 Å². The summed E-state index contributed by atoms with van der Waals surface area (Å²) in [4.78, 5) is 54.6. The zero-order valence-corrected chi connectivity index (χ0v) is 10.1. The summed E-state index contributed by atoms with van der Waals surface area (Å²) in [6.45, 7) is 0. The number of rotatable bonds is 0. The molecule has 0 rings (SSSR count). The maximum atomic E-state index is 9.10. The molecule has 0 saturated heterocycles. The van der Waals surface area contributed by atoms with Crippen LogP contribution in [-0.4, -0.2) is 88.8 Å². The highest BCUT2D eigenvalue weighted by atomic mass is 16.5. The smallest absolute Gasteiger partial charge is 0.473 e. The van der Waals surface area contributed by atoms with Gasteiger partial charge in [-0.2, -0.15) is 0 Å². The molecule has 22 heavy (non-hydrogen) atoms. The molecule has 0 heterocycles. The molecular formula is C6H9BO15. The summed E-state index contributed by atoms with van der Waals surface area (Å²) in [5.41, 5.74) is 0. The second kappa shape index (κ2) is 15.8. The third-order valence-electron chi connectivity index (χ3n) is 0.549. The molecule has 0 fully saturated rings. The Bertz CT molecular complexity index is 314. The standard InChI is InChI=1S/3C2H2O4.BH3O3/c3*3-1(4)2(5)6;2-1(3)4/h3*(H,3,4)(H,5,6);2-4H. The van der Waals surface area contributed by atoms with E-state index >= 15 is 0 Å². The normalized spacial score (nSPS) is 7.23. The molecule has 0 saturated carbocycles. The van der Waals surface area contributed by atoms with Crippen molar-refractivity contribution in [1.29, 1.82) is 0 Å². The van der Waals surface area contributed by atoms with Crippen molar-refractivity contribution >= 4 is 43.1 Å². The van der Waals surface area contributed by atoms with E-state index in [1.165, 1.54) is 0 Å². The summed E-state index contributed by atoms with van der Waals surface area (Å²) < 4.78 is 0. The van der Waals surface area contributed by atoms with Gasteiger partial charge in [-0.25, -0.2) is 28.8 Å². The van der Waals surface area contributed by atoms with Crippen LogP contribution in [0.1, 0.15) is 0 Å². The summed E-state index contributed by atoms with van der Waals surface area (Å²) >= 11 is 0. The number of hydrogen-bond acceptors (Lipinski definition) is 9. The molecule has 0 unspecified atom stereocenters. The van der Waals surface area contributed by atoms with Gasteiger partial charge in [0.25, 0.3) is 0 Å². The third-order valence-corrected chi connectivity index (χ3v) is 0.549. The minimum Gasteiger partial charge on any atom is -0.473 e. The van der Waals surface area contributed by atoms with E-state index in [0.717, 1.165) is 0 Å². The Morgan fingerprint density at radius 1 is 0.409 bits per heavy atom. The first-order valence-corrected chi connectivity index (χ1v) is 4.09. The Labute approximate surface area is 119 Å². The predicted molar refractivity (Wildman–Crippen MR) is 58.2 cm³/mol. The van der Waals surface area contributed by atoms with Gasteiger partial charge in [-0.3, -0.25) is 0 Å². The van der Waals surface area contributed by atoms with Crippen molar-refractivity contribution in [2.75, 3.05) is 0 Å². The van der Waals surface area contributed by atoms with Gasteiger partial charge in [0, 0.05) is 0 Å². The van der Waals surface area contributed by atoms with Gasteiger partial charge in [0.05, 0.1) is 0 Å². The van der Waals surface area contributed by atoms with E-state index in [0.29, 0.717) is 0 Å². The molecule has 16 heteroatoms. The first-order valence-electron chi connectivity index (χ1n) is 4.09. The molecule has 15 nitrogen and oxygen atoms in total. The summed E-state index contributed by atoms with van der Waals surface area (Å²) in [5.74, 6) is -10.9.